The summed E-state index contributed by atoms with van der Waals surface area (Å²) in [6.07, 6.45) is 5.38. The lowest BCUT2D eigenvalue weighted by Crippen LogP contribution is -2.15. The molecule has 0 bridgehead atoms. The van der Waals surface area contributed by atoms with Crippen LogP contribution in [0.15, 0.2) is 89.6 Å². The third kappa shape index (κ3) is 8.35. The van der Waals surface area contributed by atoms with Crippen LogP contribution in [0.25, 0.3) is 0 Å². The zero-order valence-electron chi connectivity index (χ0n) is 23.4. The van der Waals surface area contributed by atoms with E-state index in [0.29, 0.717) is 5.13 Å². The third-order valence-corrected chi connectivity index (χ3v) is 9.54. The lowest BCUT2D eigenvalue weighted by atomic mass is 10.2. The number of anilines is 1. The van der Waals surface area contributed by atoms with Gasteiger partial charge < -0.3 is 9.64 Å². The summed E-state index contributed by atoms with van der Waals surface area (Å²) in [5, 5.41) is 29.3. The monoisotopic (exact) mass is 604 g/mol. The van der Waals surface area contributed by atoms with E-state index in [9.17, 15) is 0 Å². The van der Waals surface area contributed by atoms with Gasteiger partial charge in [0.25, 0.3) is 0 Å². The summed E-state index contributed by atoms with van der Waals surface area (Å²) in [5.74, 6) is 0.992. The number of methoxy groups -OCH3 is 1. The molecule has 0 aliphatic carbocycles. The molecule has 0 saturated carbocycles. The summed E-state index contributed by atoms with van der Waals surface area (Å²) < 4.78 is 6.22. The number of benzene rings is 2. The first-order chi connectivity index (χ1) is 20.1. The molecule has 12 heteroatoms. The summed E-state index contributed by atoms with van der Waals surface area (Å²) in [7, 11) is 1.72. The van der Waals surface area contributed by atoms with E-state index >= 15 is 0 Å². The molecular weight excluding hydrogens is 573 g/mol. The molecule has 212 valence electrons. The van der Waals surface area contributed by atoms with Crippen molar-refractivity contribution < 1.29 is 4.74 Å². The quantitative estimate of drug-likeness (QED) is 0.0912. The molecule has 1 saturated heterocycles. The molecule has 0 spiro atoms. The molecule has 1 aliphatic rings. The summed E-state index contributed by atoms with van der Waals surface area (Å²) in [6.45, 7) is 7.01. The van der Waals surface area contributed by atoms with Crippen LogP contribution in [0, 0.1) is 13.8 Å². The van der Waals surface area contributed by atoms with Gasteiger partial charge in [-0.1, -0.05) is 22.7 Å². The van der Waals surface area contributed by atoms with Crippen LogP contribution in [0.5, 0.6) is 0 Å². The van der Waals surface area contributed by atoms with Gasteiger partial charge in [0.1, 0.15) is 5.00 Å². The molecule has 0 atom stereocenters. The minimum absolute atomic E-state index is 0.642. The van der Waals surface area contributed by atoms with E-state index in [-0.39, 0.29) is 0 Å². The molecule has 0 amide bonds. The highest BCUT2D eigenvalue weighted by Gasteiger charge is 2.14. The second kappa shape index (κ2) is 14.5. The average Bonchev–Trinajstić information content (AvgIpc) is 3.76. The maximum absolute atomic E-state index is 5.09. The van der Waals surface area contributed by atoms with E-state index in [1.54, 1.807) is 30.2 Å². The molecule has 4 aromatic rings. The summed E-state index contributed by atoms with van der Waals surface area (Å²) in [5.41, 5.74) is 5.05. The van der Waals surface area contributed by atoms with E-state index in [4.69, 9.17) is 4.74 Å². The highest BCUT2D eigenvalue weighted by Crippen LogP contribution is 2.36. The Balaban J connectivity index is 1.17. The lowest BCUT2D eigenvalue weighted by Gasteiger charge is -2.13. The van der Waals surface area contributed by atoms with Crippen LogP contribution in [0.1, 0.15) is 30.4 Å². The number of thiophene rings is 1. The van der Waals surface area contributed by atoms with Gasteiger partial charge in [0, 0.05) is 32.6 Å². The molecule has 0 radical (unpaired) electrons. The molecule has 3 heterocycles. The van der Waals surface area contributed by atoms with Crippen molar-refractivity contribution in [3.8, 4) is 0 Å². The Morgan fingerprint density at radius 3 is 2.20 bits per heavy atom. The Hall–Kier alpha value is -3.32. The number of nitrogens with zero attached hydrogens (tertiary/aromatic N) is 8. The Morgan fingerprint density at radius 1 is 0.829 bits per heavy atom. The molecule has 41 heavy (non-hydrogen) atoms. The van der Waals surface area contributed by atoms with E-state index in [1.807, 2.05) is 62.5 Å². The number of azo groups is 3. The van der Waals surface area contributed by atoms with Gasteiger partial charge in [-0.3, -0.25) is 0 Å². The minimum atomic E-state index is 0.642. The minimum Gasteiger partial charge on any atom is -0.385 e. The molecule has 9 nitrogen and oxygen atoms in total. The Labute approximate surface area is 252 Å². The highest BCUT2D eigenvalue weighted by atomic mass is 32.2. The van der Waals surface area contributed by atoms with Crippen molar-refractivity contribution in [2.45, 2.75) is 37.3 Å². The predicted octanol–water partition coefficient (Wildman–Crippen LogP) is 10.8. The summed E-state index contributed by atoms with van der Waals surface area (Å²) in [4.78, 5) is 6.77. The Morgan fingerprint density at radius 2 is 1.51 bits per heavy atom. The number of thiazole rings is 1. The first-order valence-corrected chi connectivity index (χ1v) is 16.1. The second-order valence-electron chi connectivity index (χ2n) is 9.50. The Kier molecular flexibility index (Phi) is 10.3. The molecule has 1 aliphatic heterocycles. The molecule has 1 fully saturated rings. The largest absolute Gasteiger partial charge is 0.385 e. The predicted molar refractivity (Wildman–Crippen MR) is 170 cm³/mol. The van der Waals surface area contributed by atoms with Gasteiger partial charge in [-0.25, -0.2) is 4.98 Å². The molecule has 0 unspecified atom stereocenters. The van der Waals surface area contributed by atoms with Gasteiger partial charge in [-0.15, -0.1) is 32.2 Å². The molecule has 5 rings (SSSR count). The van der Waals surface area contributed by atoms with Crippen molar-refractivity contribution in [1.29, 1.82) is 0 Å². The standard InChI is InChI=1S/C29H32N8OS3/c1-20-18-23(32-35-26-11-12-27(40-26)37-13-4-5-14-37)8-9-24(20)33-31-22-7-10-25(21(2)17-22)34-36-29-30-19-28(41-29)39-16-6-15-38-3/h7-12,17-19H,4-6,13-16H2,1-3H3/b33-31+,35-32+,36-34+. The smallest absolute Gasteiger partial charge is 0.230 e. The second-order valence-corrected chi connectivity index (χ2v) is 12.9. The van der Waals surface area contributed by atoms with E-state index in [2.05, 4.69) is 46.6 Å². The summed E-state index contributed by atoms with van der Waals surface area (Å²) >= 11 is 4.98. The SMILES string of the molecule is COCCCSc1cnc(/N=N/c2ccc(/N=N/c3ccc(/N=N/c4ccc(N5CCCC5)s4)cc3C)cc2C)s1. The average molecular weight is 605 g/mol. The number of rotatable bonds is 12. The van der Waals surface area contributed by atoms with Gasteiger partial charge in [-0.05, 0) is 92.8 Å². The van der Waals surface area contributed by atoms with Gasteiger partial charge >= 0.3 is 0 Å². The number of thioether (sulfide) groups is 1. The molecule has 2 aromatic carbocycles. The van der Waals surface area contributed by atoms with Crippen molar-refractivity contribution in [1.82, 2.24) is 4.98 Å². The molecule has 2 aromatic heterocycles. The molecule has 0 N–H and O–H groups in total. The van der Waals surface area contributed by atoms with Crippen LogP contribution in [0.2, 0.25) is 0 Å². The zero-order chi connectivity index (χ0) is 28.4. The van der Waals surface area contributed by atoms with Gasteiger partial charge in [0.15, 0.2) is 0 Å². The van der Waals surface area contributed by atoms with Gasteiger partial charge in [-0.2, -0.15) is 10.2 Å². The van der Waals surface area contributed by atoms with E-state index in [1.165, 1.54) is 29.2 Å². The van der Waals surface area contributed by atoms with Crippen LogP contribution < -0.4 is 4.90 Å². The lowest BCUT2D eigenvalue weighted by molar-refractivity contribution is 0.200. The number of ether oxygens (including phenoxy) is 1. The number of aryl methyl sites for hydroxylation is 2. The van der Waals surface area contributed by atoms with Crippen molar-refractivity contribution >= 4 is 72.3 Å². The number of hydrogen-bond donors (Lipinski definition) is 0. The van der Waals surface area contributed by atoms with Crippen LogP contribution in [-0.2, 0) is 4.74 Å². The third-order valence-electron chi connectivity index (χ3n) is 6.35. The van der Waals surface area contributed by atoms with Crippen molar-refractivity contribution in [2.24, 2.45) is 30.7 Å². The highest BCUT2D eigenvalue weighted by molar-refractivity contribution is 8.01. The number of aromatic nitrogens is 1. The normalized spacial score (nSPS) is 14.0. The van der Waals surface area contributed by atoms with E-state index in [0.717, 1.165) is 75.0 Å². The van der Waals surface area contributed by atoms with Gasteiger partial charge in [0.2, 0.25) is 5.13 Å². The van der Waals surface area contributed by atoms with Crippen LogP contribution >= 0.6 is 34.4 Å². The molecular formula is C29H32N8OS3. The first-order valence-electron chi connectivity index (χ1n) is 13.5. The summed E-state index contributed by atoms with van der Waals surface area (Å²) in [6, 6.07) is 15.7. The maximum Gasteiger partial charge on any atom is 0.230 e. The van der Waals surface area contributed by atoms with Crippen LogP contribution in [0.3, 0.4) is 0 Å². The fourth-order valence-corrected chi connectivity index (χ4v) is 6.81. The van der Waals surface area contributed by atoms with Crippen LogP contribution in [-0.4, -0.2) is 37.5 Å². The van der Waals surface area contributed by atoms with Crippen molar-refractivity contribution in [3.63, 3.8) is 0 Å². The van der Waals surface area contributed by atoms with Crippen molar-refractivity contribution in [2.75, 3.05) is 37.5 Å². The fourth-order valence-electron chi connectivity index (χ4n) is 4.16. The first kappa shape index (κ1) is 29.2. The fraction of sp³-hybridized carbons (Fsp3) is 0.345. The maximum atomic E-state index is 5.09. The van der Waals surface area contributed by atoms with E-state index < -0.39 is 0 Å². The van der Waals surface area contributed by atoms with Crippen LogP contribution in [0.4, 0.5) is 37.9 Å². The van der Waals surface area contributed by atoms with Crippen molar-refractivity contribution in [3.05, 3.63) is 65.9 Å². The Bertz CT molecular complexity index is 1540. The zero-order valence-corrected chi connectivity index (χ0v) is 25.8. The van der Waals surface area contributed by atoms with Gasteiger partial charge in [0.05, 0.1) is 38.2 Å². The topological polar surface area (TPSA) is 99.5 Å². The number of hydrogen-bond acceptors (Lipinski definition) is 12.